The molecular formula is C30H22N4Pt. The Morgan fingerprint density at radius 3 is 1.51 bits per heavy atom. The second-order valence-corrected chi connectivity index (χ2v) is 8.79. The molecule has 0 radical (unpaired) electrons. The van der Waals surface area contributed by atoms with Crippen LogP contribution in [-0.4, -0.2) is 18.5 Å². The zero-order chi connectivity index (χ0) is 22.5. The van der Waals surface area contributed by atoms with E-state index in [1.54, 1.807) is 0 Å². The standard InChI is InChI=1S/C30H22N4.Pt/c1-3-13-29-23(7-1)9-5-11-25(29)17-31-19-27-15-16-28-20-32(22-34(28)33(27)21-31)18-26-12-6-10-24-8-2-4-14-30(24)26;/h1-10,13-16,19-22H,17-18H2;/q-4;+4. The van der Waals surface area contributed by atoms with Crippen molar-refractivity contribution in [2.75, 3.05) is 0 Å². The van der Waals surface area contributed by atoms with Crippen LogP contribution in [0.2, 0.25) is 0 Å². The monoisotopic (exact) mass is 633 g/mol. The van der Waals surface area contributed by atoms with E-state index in [9.17, 15) is 0 Å². The van der Waals surface area contributed by atoms with E-state index >= 15 is 0 Å². The summed E-state index contributed by atoms with van der Waals surface area (Å²) < 4.78 is 8.86. The predicted octanol–water partition coefficient (Wildman–Crippen LogP) is 6.31. The van der Waals surface area contributed by atoms with Crippen LogP contribution in [0.25, 0.3) is 32.9 Å². The van der Waals surface area contributed by atoms with Crippen molar-refractivity contribution in [2.45, 2.75) is 13.1 Å². The predicted molar refractivity (Wildman–Crippen MR) is 136 cm³/mol. The van der Waals surface area contributed by atoms with Crippen molar-refractivity contribution in [1.82, 2.24) is 18.5 Å². The summed E-state index contributed by atoms with van der Waals surface area (Å²) in [5, 5.41) is 5.01. The van der Waals surface area contributed by atoms with Gasteiger partial charge in [0.1, 0.15) is 0 Å². The third-order valence-corrected chi connectivity index (χ3v) is 6.59. The number of benzene rings is 4. The van der Waals surface area contributed by atoms with Gasteiger partial charge in [-0.15, -0.1) is 69.3 Å². The van der Waals surface area contributed by atoms with E-state index in [4.69, 9.17) is 0 Å². The van der Waals surface area contributed by atoms with Gasteiger partial charge in [0.2, 0.25) is 0 Å². The molecule has 0 bridgehead atoms. The van der Waals surface area contributed by atoms with Crippen LogP contribution in [0.3, 0.4) is 0 Å². The smallest absolute Gasteiger partial charge is 0.450 e. The number of hydrogen-bond acceptors (Lipinski definition) is 0. The van der Waals surface area contributed by atoms with Crippen LogP contribution in [0.15, 0.2) is 110 Å². The van der Waals surface area contributed by atoms with E-state index in [1.807, 2.05) is 12.1 Å². The Morgan fingerprint density at radius 2 is 1.03 bits per heavy atom. The van der Waals surface area contributed by atoms with E-state index < -0.39 is 0 Å². The Labute approximate surface area is 218 Å². The summed E-state index contributed by atoms with van der Waals surface area (Å²) in [6, 6.07) is 36.5. The summed E-state index contributed by atoms with van der Waals surface area (Å²) in [4.78, 5) is 0. The van der Waals surface area contributed by atoms with Crippen molar-refractivity contribution in [3.05, 3.63) is 133 Å². The van der Waals surface area contributed by atoms with E-state index in [0.717, 1.165) is 24.5 Å². The second-order valence-electron chi connectivity index (χ2n) is 8.79. The molecule has 4 aromatic rings. The first-order valence-corrected chi connectivity index (χ1v) is 11.5. The van der Waals surface area contributed by atoms with Gasteiger partial charge in [0.05, 0.1) is 0 Å². The topological polar surface area (TPSA) is 19.7 Å². The van der Waals surface area contributed by atoms with Gasteiger partial charge in [-0.2, -0.15) is 36.4 Å². The molecular weight excluding hydrogens is 611 g/mol. The maximum Gasteiger partial charge on any atom is 4.00 e. The number of rotatable bonds is 4. The third kappa shape index (κ3) is 3.84. The van der Waals surface area contributed by atoms with Crippen LogP contribution in [0, 0.1) is 12.1 Å². The van der Waals surface area contributed by atoms with Crippen molar-refractivity contribution in [3.63, 3.8) is 0 Å². The van der Waals surface area contributed by atoms with Crippen molar-refractivity contribution in [2.24, 2.45) is 0 Å². The Bertz CT molecular complexity index is 1590. The molecule has 0 aliphatic carbocycles. The largest absolute Gasteiger partial charge is 4.00 e. The molecule has 4 nitrogen and oxygen atoms in total. The van der Waals surface area contributed by atoms with Gasteiger partial charge in [0.15, 0.2) is 0 Å². The summed E-state index contributed by atoms with van der Waals surface area (Å²) in [6.07, 6.45) is 8.70. The number of imidazole rings is 2. The zero-order valence-electron chi connectivity index (χ0n) is 18.9. The number of fused-ring (bicyclic) bond motifs is 5. The van der Waals surface area contributed by atoms with E-state index in [2.05, 4.69) is 128 Å². The van der Waals surface area contributed by atoms with Crippen LogP contribution >= 0.6 is 0 Å². The first-order valence-electron chi connectivity index (χ1n) is 11.5. The minimum atomic E-state index is 0. The first kappa shape index (κ1) is 21.8. The Hall–Kier alpha value is -3.75. The Balaban J connectivity index is 0.00000229. The third-order valence-electron chi connectivity index (χ3n) is 6.59. The van der Waals surface area contributed by atoms with Crippen molar-refractivity contribution >= 4 is 21.5 Å². The van der Waals surface area contributed by atoms with Crippen LogP contribution in [0.4, 0.5) is 0 Å². The molecule has 3 heterocycles. The molecule has 3 aliphatic rings. The summed E-state index contributed by atoms with van der Waals surface area (Å²) in [6.45, 7) is 1.55. The summed E-state index contributed by atoms with van der Waals surface area (Å²) in [5.41, 5.74) is 4.69. The molecule has 0 saturated carbocycles. The summed E-state index contributed by atoms with van der Waals surface area (Å²) >= 11 is 0. The van der Waals surface area contributed by atoms with Crippen molar-refractivity contribution < 1.29 is 21.1 Å². The van der Waals surface area contributed by atoms with Crippen LogP contribution < -0.4 is 0 Å². The van der Waals surface area contributed by atoms with Crippen LogP contribution in [0.1, 0.15) is 11.1 Å². The molecule has 0 amide bonds. The molecule has 0 aromatic heterocycles. The molecule has 35 heavy (non-hydrogen) atoms. The van der Waals surface area contributed by atoms with Crippen LogP contribution in [0.5, 0.6) is 0 Å². The Morgan fingerprint density at radius 1 is 0.571 bits per heavy atom. The van der Waals surface area contributed by atoms with Gasteiger partial charge in [-0.1, -0.05) is 47.8 Å². The van der Waals surface area contributed by atoms with E-state index in [1.165, 1.54) is 32.7 Å². The molecule has 7 rings (SSSR count). The first-order chi connectivity index (χ1) is 16.8. The van der Waals surface area contributed by atoms with Gasteiger partial charge >= 0.3 is 21.1 Å². The maximum absolute atomic E-state index is 3.44. The minimum absolute atomic E-state index is 0. The summed E-state index contributed by atoms with van der Waals surface area (Å²) in [5.74, 6) is 0. The Kier molecular flexibility index (Phi) is 5.47. The molecule has 0 unspecified atom stereocenters. The molecule has 5 heteroatoms. The van der Waals surface area contributed by atoms with Gasteiger partial charge in [-0.05, 0) is 12.7 Å². The fourth-order valence-corrected chi connectivity index (χ4v) is 4.96. The summed E-state index contributed by atoms with van der Waals surface area (Å²) in [7, 11) is 0. The molecule has 4 aromatic carbocycles. The molecule has 172 valence electrons. The molecule has 0 fully saturated rings. The van der Waals surface area contributed by atoms with Crippen molar-refractivity contribution in [1.29, 1.82) is 0 Å². The van der Waals surface area contributed by atoms with Gasteiger partial charge in [-0.3, -0.25) is 0 Å². The van der Waals surface area contributed by atoms with Gasteiger partial charge in [-0.25, -0.2) is 0 Å². The number of nitrogens with zero attached hydrogens (tertiary/aromatic N) is 4. The minimum Gasteiger partial charge on any atom is -0.450 e. The number of hydrogen-bond donors (Lipinski definition) is 0. The van der Waals surface area contributed by atoms with Gasteiger partial charge in [0, 0.05) is 13.1 Å². The molecule has 0 N–H and O–H groups in total. The fraction of sp³-hybridized carbons (Fsp3) is 0.0667. The average molecular weight is 634 g/mol. The second kappa shape index (κ2) is 8.79. The van der Waals surface area contributed by atoms with Gasteiger partial charge in [0.25, 0.3) is 0 Å². The van der Waals surface area contributed by atoms with Crippen LogP contribution in [-0.2, 0) is 34.2 Å². The van der Waals surface area contributed by atoms with Gasteiger partial charge < -0.3 is 18.5 Å². The quantitative estimate of drug-likeness (QED) is 0.203. The normalized spacial score (nSPS) is 11.4. The number of aromatic nitrogens is 4. The molecule has 0 atom stereocenters. The SMILES string of the molecule is [Pt+4].[c-]1ccc2ccccc2c1Cn1cc2ccc3cn(Cc4[c-]ccc5ccccc45)[cH-]n-3n-2[cH-]1. The average Bonchev–Trinajstić information content (AvgIpc) is 3.48. The molecule has 0 spiro atoms. The molecule has 3 aliphatic heterocycles. The van der Waals surface area contributed by atoms with E-state index in [-0.39, 0.29) is 21.1 Å². The molecule has 0 saturated heterocycles. The zero-order valence-corrected chi connectivity index (χ0v) is 21.2. The maximum atomic E-state index is 3.44. The van der Waals surface area contributed by atoms with Crippen molar-refractivity contribution in [3.8, 4) is 11.4 Å². The fourth-order valence-electron chi connectivity index (χ4n) is 4.96. The van der Waals surface area contributed by atoms with E-state index in [0.29, 0.717) is 0 Å².